The number of carbonyl (C=O) groups excluding carboxylic acids is 1. The number of hydrogen-bond donors (Lipinski definition) is 0. The number of nitrogens with zero attached hydrogens (tertiary/aromatic N) is 2. The van der Waals surface area contributed by atoms with Crippen LogP contribution in [0.2, 0.25) is 0 Å². The van der Waals surface area contributed by atoms with Crippen LogP contribution in [0.3, 0.4) is 0 Å². The molecule has 0 aliphatic carbocycles. The summed E-state index contributed by atoms with van der Waals surface area (Å²) in [5.74, 6) is 0.0148. The number of likely N-dealkylation sites (tertiary alicyclic amines) is 1. The molecular formula is C20H17F3N2O2. The second kappa shape index (κ2) is 7.70. The summed E-state index contributed by atoms with van der Waals surface area (Å²) in [5.41, 5.74) is -0.823. The van der Waals surface area contributed by atoms with Gasteiger partial charge in [0.2, 0.25) is 0 Å². The van der Waals surface area contributed by atoms with Crippen molar-refractivity contribution < 1.29 is 22.7 Å². The van der Waals surface area contributed by atoms with Gasteiger partial charge in [-0.2, -0.15) is 18.4 Å². The van der Waals surface area contributed by atoms with Gasteiger partial charge in [0.15, 0.2) is 0 Å². The molecule has 0 aromatic heterocycles. The third-order valence-electron chi connectivity index (χ3n) is 4.47. The Morgan fingerprint density at radius 3 is 2.37 bits per heavy atom. The summed E-state index contributed by atoms with van der Waals surface area (Å²) in [6.07, 6.45) is -3.84. The molecule has 2 aromatic rings. The Bertz CT molecular complexity index is 852. The molecule has 0 spiro atoms. The van der Waals surface area contributed by atoms with E-state index < -0.39 is 17.3 Å². The number of ether oxygens (including phenoxy) is 1. The molecule has 1 aliphatic rings. The van der Waals surface area contributed by atoms with Gasteiger partial charge in [0, 0.05) is 31.5 Å². The predicted octanol–water partition coefficient (Wildman–Crippen LogP) is 4.26. The Hall–Kier alpha value is -3.01. The van der Waals surface area contributed by atoms with Gasteiger partial charge < -0.3 is 9.64 Å². The molecule has 0 saturated carbocycles. The van der Waals surface area contributed by atoms with Gasteiger partial charge in [0.05, 0.1) is 17.2 Å². The molecule has 140 valence electrons. The van der Waals surface area contributed by atoms with Gasteiger partial charge in [-0.3, -0.25) is 4.79 Å². The Kier molecular flexibility index (Phi) is 5.36. The summed E-state index contributed by atoms with van der Waals surface area (Å²) in [5, 5.41) is 8.84. The fraction of sp³-hybridized carbons (Fsp3) is 0.300. The molecule has 1 saturated heterocycles. The maximum atomic E-state index is 13.0. The summed E-state index contributed by atoms with van der Waals surface area (Å²) in [6.45, 7) is 0.946. The highest BCUT2D eigenvalue weighted by Crippen LogP contribution is 2.34. The van der Waals surface area contributed by atoms with E-state index in [4.69, 9.17) is 10.00 Å². The minimum absolute atomic E-state index is 0.0632. The van der Waals surface area contributed by atoms with Crippen LogP contribution >= 0.6 is 0 Å². The zero-order valence-corrected chi connectivity index (χ0v) is 14.4. The third-order valence-corrected chi connectivity index (χ3v) is 4.47. The molecule has 1 heterocycles. The van der Waals surface area contributed by atoms with E-state index in [-0.39, 0.29) is 17.8 Å². The normalized spacial score (nSPS) is 15.3. The molecule has 1 fully saturated rings. The third kappa shape index (κ3) is 4.40. The quantitative estimate of drug-likeness (QED) is 0.807. The van der Waals surface area contributed by atoms with Crippen LogP contribution in [0.15, 0.2) is 48.5 Å². The van der Waals surface area contributed by atoms with Crippen molar-refractivity contribution in [3.8, 4) is 11.8 Å². The van der Waals surface area contributed by atoms with Crippen LogP contribution in [0.1, 0.15) is 34.3 Å². The predicted molar refractivity (Wildman–Crippen MR) is 92.2 cm³/mol. The van der Waals surface area contributed by atoms with Crippen molar-refractivity contribution in [2.45, 2.75) is 25.1 Å². The first kappa shape index (κ1) is 18.8. The molecule has 0 radical (unpaired) electrons. The number of carbonyl (C=O) groups is 1. The largest absolute Gasteiger partial charge is 0.490 e. The second-order valence-corrected chi connectivity index (χ2v) is 6.29. The number of amides is 1. The number of alkyl halides is 3. The van der Waals surface area contributed by atoms with E-state index in [9.17, 15) is 18.0 Å². The molecule has 3 rings (SSSR count). The number of rotatable bonds is 3. The lowest BCUT2D eigenvalue weighted by Gasteiger charge is -2.32. The molecule has 0 atom stereocenters. The maximum Gasteiger partial charge on any atom is 0.417 e. The van der Waals surface area contributed by atoms with Crippen LogP contribution in [0.5, 0.6) is 5.75 Å². The minimum Gasteiger partial charge on any atom is -0.490 e. The monoisotopic (exact) mass is 374 g/mol. The van der Waals surface area contributed by atoms with Crippen LogP contribution in [-0.2, 0) is 6.18 Å². The summed E-state index contributed by atoms with van der Waals surface area (Å²) in [4.78, 5) is 14.1. The summed E-state index contributed by atoms with van der Waals surface area (Å²) in [7, 11) is 0. The average Bonchev–Trinajstić information content (AvgIpc) is 2.68. The van der Waals surface area contributed by atoms with Crippen molar-refractivity contribution in [1.29, 1.82) is 5.26 Å². The minimum atomic E-state index is -4.62. The number of hydrogen-bond acceptors (Lipinski definition) is 3. The number of piperidine rings is 1. The Morgan fingerprint density at radius 1 is 1.11 bits per heavy atom. The van der Waals surface area contributed by atoms with Crippen molar-refractivity contribution in [2.75, 3.05) is 13.1 Å². The van der Waals surface area contributed by atoms with Crippen LogP contribution in [-0.4, -0.2) is 30.0 Å². The standard InChI is InChI=1S/C20H17F3N2O2/c21-20(22,23)18-12-17(7-6-15(18)13-24)27-16-8-10-25(11-9-16)19(26)14-4-2-1-3-5-14/h1-7,12,16H,8-11H2. The lowest BCUT2D eigenvalue weighted by molar-refractivity contribution is -0.137. The van der Waals surface area contributed by atoms with Crippen molar-refractivity contribution in [3.63, 3.8) is 0 Å². The highest BCUT2D eigenvalue weighted by molar-refractivity contribution is 5.94. The first-order chi connectivity index (χ1) is 12.9. The SMILES string of the molecule is N#Cc1ccc(OC2CCN(C(=O)c3ccccc3)CC2)cc1C(F)(F)F. The highest BCUT2D eigenvalue weighted by atomic mass is 19.4. The maximum absolute atomic E-state index is 13.0. The fourth-order valence-corrected chi connectivity index (χ4v) is 3.06. The zero-order chi connectivity index (χ0) is 19.4. The first-order valence-corrected chi connectivity index (χ1v) is 8.51. The van der Waals surface area contributed by atoms with Gasteiger partial charge in [-0.05, 0) is 30.3 Å². The van der Waals surface area contributed by atoms with Crippen molar-refractivity contribution in [3.05, 3.63) is 65.2 Å². The van der Waals surface area contributed by atoms with Gasteiger partial charge in [0.1, 0.15) is 11.9 Å². The molecule has 4 nitrogen and oxygen atoms in total. The van der Waals surface area contributed by atoms with E-state index in [1.807, 2.05) is 6.07 Å². The molecule has 27 heavy (non-hydrogen) atoms. The van der Waals surface area contributed by atoms with Crippen LogP contribution < -0.4 is 4.74 Å². The topological polar surface area (TPSA) is 53.3 Å². The molecule has 1 amide bonds. The number of benzene rings is 2. The fourth-order valence-electron chi connectivity index (χ4n) is 3.06. The zero-order valence-electron chi connectivity index (χ0n) is 14.4. The molecule has 0 unspecified atom stereocenters. The van der Waals surface area contributed by atoms with Crippen molar-refractivity contribution >= 4 is 5.91 Å². The molecular weight excluding hydrogens is 357 g/mol. The Labute approximate surface area is 154 Å². The van der Waals surface area contributed by atoms with Crippen LogP contribution in [0.25, 0.3) is 0 Å². The van der Waals surface area contributed by atoms with E-state index in [0.717, 1.165) is 12.1 Å². The lowest BCUT2D eigenvalue weighted by Crippen LogP contribution is -2.41. The smallest absolute Gasteiger partial charge is 0.417 e. The van der Waals surface area contributed by atoms with Crippen LogP contribution in [0, 0.1) is 11.3 Å². The molecule has 0 bridgehead atoms. The van der Waals surface area contributed by atoms with E-state index in [1.54, 1.807) is 35.2 Å². The van der Waals surface area contributed by atoms with Crippen LogP contribution in [0.4, 0.5) is 13.2 Å². The van der Waals surface area contributed by atoms with E-state index >= 15 is 0 Å². The highest BCUT2D eigenvalue weighted by Gasteiger charge is 2.34. The molecule has 7 heteroatoms. The van der Waals surface area contributed by atoms with Gasteiger partial charge in [-0.25, -0.2) is 0 Å². The van der Waals surface area contributed by atoms with Gasteiger partial charge in [-0.1, -0.05) is 18.2 Å². The summed E-state index contributed by atoms with van der Waals surface area (Å²) >= 11 is 0. The number of nitriles is 1. The van der Waals surface area contributed by atoms with E-state index in [1.165, 1.54) is 6.07 Å². The van der Waals surface area contributed by atoms with Gasteiger partial charge in [-0.15, -0.1) is 0 Å². The van der Waals surface area contributed by atoms with E-state index in [2.05, 4.69) is 0 Å². The second-order valence-electron chi connectivity index (χ2n) is 6.29. The molecule has 1 aliphatic heterocycles. The van der Waals surface area contributed by atoms with Gasteiger partial charge >= 0.3 is 6.18 Å². The first-order valence-electron chi connectivity index (χ1n) is 8.51. The number of halogens is 3. The van der Waals surface area contributed by atoms with Gasteiger partial charge in [0.25, 0.3) is 5.91 Å². The summed E-state index contributed by atoms with van der Waals surface area (Å²) < 4.78 is 44.8. The lowest BCUT2D eigenvalue weighted by atomic mass is 10.1. The Morgan fingerprint density at radius 2 is 1.78 bits per heavy atom. The molecule has 0 N–H and O–H groups in total. The van der Waals surface area contributed by atoms with Crippen molar-refractivity contribution in [1.82, 2.24) is 4.90 Å². The average molecular weight is 374 g/mol. The van der Waals surface area contributed by atoms with Crippen molar-refractivity contribution in [2.24, 2.45) is 0 Å². The summed E-state index contributed by atoms with van der Waals surface area (Å²) in [6, 6.07) is 13.8. The van der Waals surface area contributed by atoms with E-state index in [0.29, 0.717) is 31.5 Å². The Balaban J connectivity index is 1.63. The molecule has 2 aromatic carbocycles.